The van der Waals surface area contributed by atoms with Gasteiger partial charge in [-0.2, -0.15) is 0 Å². The second kappa shape index (κ2) is 6.55. The van der Waals surface area contributed by atoms with E-state index in [2.05, 4.69) is 15.4 Å². The molecule has 1 fully saturated rings. The van der Waals surface area contributed by atoms with Gasteiger partial charge in [0.25, 0.3) is 11.8 Å². The molecule has 1 saturated heterocycles. The summed E-state index contributed by atoms with van der Waals surface area (Å²) in [5.74, 6) is -0.330. The lowest BCUT2D eigenvalue weighted by Crippen LogP contribution is -2.44. The van der Waals surface area contributed by atoms with Crippen molar-refractivity contribution >= 4 is 35.2 Å². The molecule has 0 aliphatic carbocycles. The van der Waals surface area contributed by atoms with Crippen LogP contribution in [0.15, 0.2) is 36.7 Å². The van der Waals surface area contributed by atoms with Crippen LogP contribution in [0.4, 0.5) is 0 Å². The zero-order chi connectivity index (χ0) is 16.4. The first kappa shape index (κ1) is 15.8. The maximum Gasteiger partial charge on any atom is 0.290 e. The summed E-state index contributed by atoms with van der Waals surface area (Å²) in [6.45, 7) is 1.78. The van der Waals surface area contributed by atoms with Crippen LogP contribution < -0.4 is 5.43 Å². The van der Waals surface area contributed by atoms with Gasteiger partial charge in [0.15, 0.2) is 0 Å². The molecule has 8 heteroatoms. The molecule has 1 aliphatic rings. The molecule has 1 aromatic heterocycles. The molecule has 0 saturated carbocycles. The summed E-state index contributed by atoms with van der Waals surface area (Å²) in [5.41, 5.74) is 4.38. The fourth-order valence-corrected chi connectivity index (χ4v) is 3.33. The van der Waals surface area contributed by atoms with Crippen molar-refractivity contribution in [1.82, 2.24) is 20.4 Å². The molecule has 0 radical (unpaired) electrons. The Labute approximate surface area is 142 Å². The van der Waals surface area contributed by atoms with Gasteiger partial charge in [-0.3, -0.25) is 20.0 Å². The summed E-state index contributed by atoms with van der Waals surface area (Å²) in [6, 6.07) is 7.18. The fraction of sp³-hybridized carbons (Fsp3) is 0.200. The second-order valence-electron chi connectivity index (χ2n) is 4.96. The standard InChI is InChI=1S/C15H13ClN4O2S/c1-9-6-18-12(7-17-9)14(22)19-20-13(21)8-23-15(20)10-2-4-11(16)5-3-10/h2-7,15H,8H2,1H3,(H,19,22). The molecule has 3 rings (SSSR count). The summed E-state index contributed by atoms with van der Waals surface area (Å²) in [6.07, 6.45) is 2.89. The third-order valence-electron chi connectivity index (χ3n) is 3.26. The van der Waals surface area contributed by atoms with Gasteiger partial charge in [-0.25, -0.2) is 9.99 Å². The molecule has 118 valence electrons. The Morgan fingerprint density at radius 1 is 1.30 bits per heavy atom. The molecule has 1 aromatic carbocycles. The Bertz CT molecular complexity index is 736. The molecule has 1 atom stereocenters. The van der Waals surface area contributed by atoms with Gasteiger partial charge >= 0.3 is 0 Å². The van der Waals surface area contributed by atoms with Gasteiger partial charge in [0.1, 0.15) is 11.1 Å². The summed E-state index contributed by atoms with van der Waals surface area (Å²) in [5, 5.41) is 1.66. The van der Waals surface area contributed by atoms with E-state index >= 15 is 0 Å². The normalized spacial score (nSPS) is 17.4. The van der Waals surface area contributed by atoms with Crippen molar-refractivity contribution < 1.29 is 9.59 Å². The highest BCUT2D eigenvalue weighted by Crippen LogP contribution is 2.37. The number of aryl methyl sites for hydroxylation is 1. The van der Waals surface area contributed by atoms with Crippen LogP contribution in [-0.2, 0) is 4.79 Å². The van der Waals surface area contributed by atoms with Crippen molar-refractivity contribution in [1.29, 1.82) is 0 Å². The van der Waals surface area contributed by atoms with E-state index < -0.39 is 5.91 Å². The molecule has 2 aromatic rings. The lowest BCUT2D eigenvalue weighted by Gasteiger charge is -2.24. The summed E-state index contributed by atoms with van der Waals surface area (Å²) in [4.78, 5) is 32.4. The lowest BCUT2D eigenvalue weighted by atomic mass is 10.2. The number of benzene rings is 1. The minimum Gasteiger partial charge on any atom is -0.272 e. The van der Waals surface area contributed by atoms with Crippen molar-refractivity contribution in [3.8, 4) is 0 Å². The number of hydrazine groups is 1. The van der Waals surface area contributed by atoms with Crippen LogP contribution in [0.1, 0.15) is 27.1 Å². The van der Waals surface area contributed by atoms with Crippen molar-refractivity contribution in [3.63, 3.8) is 0 Å². The predicted octanol–water partition coefficient (Wildman–Crippen LogP) is 2.36. The quantitative estimate of drug-likeness (QED) is 0.921. The van der Waals surface area contributed by atoms with E-state index in [-0.39, 0.29) is 17.0 Å². The van der Waals surface area contributed by atoms with E-state index in [1.807, 2.05) is 12.1 Å². The molecule has 6 nitrogen and oxygen atoms in total. The van der Waals surface area contributed by atoms with Crippen molar-refractivity contribution in [2.75, 3.05) is 5.75 Å². The van der Waals surface area contributed by atoms with E-state index in [1.165, 1.54) is 29.2 Å². The van der Waals surface area contributed by atoms with Crippen molar-refractivity contribution in [2.24, 2.45) is 0 Å². The van der Waals surface area contributed by atoms with Crippen molar-refractivity contribution in [2.45, 2.75) is 12.3 Å². The fourth-order valence-electron chi connectivity index (χ4n) is 2.10. The van der Waals surface area contributed by atoms with E-state index in [0.29, 0.717) is 16.5 Å². The Morgan fingerprint density at radius 2 is 2.04 bits per heavy atom. The SMILES string of the molecule is Cc1cnc(C(=O)NN2C(=O)CSC2c2ccc(Cl)cc2)cn1. The molecule has 0 bridgehead atoms. The number of nitrogens with one attached hydrogen (secondary N) is 1. The third-order valence-corrected chi connectivity index (χ3v) is 4.72. The van der Waals surface area contributed by atoms with Crippen LogP contribution in [0.2, 0.25) is 5.02 Å². The van der Waals surface area contributed by atoms with Crippen LogP contribution >= 0.6 is 23.4 Å². The van der Waals surface area contributed by atoms with Gasteiger partial charge < -0.3 is 0 Å². The smallest absolute Gasteiger partial charge is 0.272 e. The number of rotatable bonds is 3. The van der Waals surface area contributed by atoms with Crippen LogP contribution in [0, 0.1) is 6.92 Å². The van der Waals surface area contributed by atoms with E-state index in [9.17, 15) is 9.59 Å². The number of aromatic nitrogens is 2. The largest absolute Gasteiger partial charge is 0.290 e. The first-order valence-electron chi connectivity index (χ1n) is 6.83. The Hall–Kier alpha value is -2.12. The number of amides is 2. The maximum absolute atomic E-state index is 12.3. The Morgan fingerprint density at radius 3 is 2.70 bits per heavy atom. The first-order chi connectivity index (χ1) is 11.0. The highest BCUT2D eigenvalue weighted by atomic mass is 35.5. The summed E-state index contributed by atoms with van der Waals surface area (Å²) in [7, 11) is 0. The van der Waals surface area contributed by atoms with E-state index in [1.54, 1.807) is 19.1 Å². The van der Waals surface area contributed by atoms with E-state index in [4.69, 9.17) is 11.6 Å². The number of thioether (sulfide) groups is 1. The zero-order valence-electron chi connectivity index (χ0n) is 12.2. The number of nitrogens with zero attached hydrogens (tertiary/aromatic N) is 3. The maximum atomic E-state index is 12.3. The first-order valence-corrected chi connectivity index (χ1v) is 8.26. The average molecular weight is 349 g/mol. The molecule has 1 aliphatic heterocycles. The van der Waals surface area contributed by atoms with Crippen molar-refractivity contribution in [3.05, 3.63) is 58.6 Å². The second-order valence-corrected chi connectivity index (χ2v) is 6.47. The third kappa shape index (κ3) is 3.46. The average Bonchev–Trinajstić information content (AvgIpc) is 2.90. The van der Waals surface area contributed by atoms with Crippen LogP contribution in [0.3, 0.4) is 0 Å². The topological polar surface area (TPSA) is 75.2 Å². The molecule has 1 unspecified atom stereocenters. The molecular formula is C15H13ClN4O2S. The molecular weight excluding hydrogens is 336 g/mol. The molecule has 1 N–H and O–H groups in total. The number of halogens is 1. The Kier molecular flexibility index (Phi) is 4.49. The zero-order valence-corrected chi connectivity index (χ0v) is 13.8. The molecule has 0 spiro atoms. The number of carbonyl (C=O) groups is 2. The van der Waals surface area contributed by atoms with Gasteiger partial charge in [-0.05, 0) is 24.6 Å². The minimum absolute atomic E-state index is 0.162. The number of hydrogen-bond donors (Lipinski definition) is 1. The highest BCUT2D eigenvalue weighted by molar-refractivity contribution is 8.00. The van der Waals surface area contributed by atoms with Gasteiger partial charge in [-0.1, -0.05) is 23.7 Å². The van der Waals surface area contributed by atoms with Gasteiger partial charge in [0.2, 0.25) is 0 Å². The minimum atomic E-state index is -0.465. The highest BCUT2D eigenvalue weighted by Gasteiger charge is 2.34. The monoisotopic (exact) mass is 348 g/mol. The Balaban J connectivity index is 1.78. The summed E-state index contributed by atoms with van der Waals surface area (Å²) < 4.78 is 0. The predicted molar refractivity (Wildman–Crippen MR) is 87.7 cm³/mol. The molecule has 2 amide bonds. The summed E-state index contributed by atoms with van der Waals surface area (Å²) >= 11 is 7.33. The number of hydrogen-bond acceptors (Lipinski definition) is 5. The van der Waals surface area contributed by atoms with Crippen LogP contribution in [0.5, 0.6) is 0 Å². The molecule has 2 heterocycles. The lowest BCUT2D eigenvalue weighted by molar-refractivity contribution is -0.130. The van der Waals surface area contributed by atoms with Gasteiger partial charge in [0, 0.05) is 11.2 Å². The van der Waals surface area contributed by atoms with Crippen LogP contribution in [0.25, 0.3) is 0 Å². The molecule has 23 heavy (non-hydrogen) atoms. The van der Waals surface area contributed by atoms with E-state index in [0.717, 1.165) is 5.56 Å². The van der Waals surface area contributed by atoms with Gasteiger partial charge in [0.05, 0.1) is 17.6 Å². The van der Waals surface area contributed by atoms with Gasteiger partial charge in [-0.15, -0.1) is 11.8 Å². The van der Waals surface area contributed by atoms with Crippen LogP contribution in [-0.4, -0.2) is 32.5 Å². The number of carbonyl (C=O) groups excluding carboxylic acids is 2.